The third-order valence-electron chi connectivity index (χ3n) is 6.37. The Morgan fingerprint density at radius 3 is 2.35 bits per heavy atom. The largest absolute Gasteiger partial charge is 0.353 e. The maximum Gasteiger partial charge on any atom is 0.223 e. The lowest BCUT2D eigenvalue weighted by Gasteiger charge is -2.40. The maximum atomic E-state index is 12.5. The van der Waals surface area contributed by atoms with E-state index in [1.54, 1.807) is 0 Å². The van der Waals surface area contributed by atoms with E-state index in [2.05, 4.69) is 29.4 Å². The van der Waals surface area contributed by atoms with Gasteiger partial charge in [0.05, 0.1) is 0 Å². The third kappa shape index (κ3) is 4.69. The van der Waals surface area contributed by atoms with Crippen LogP contribution in [0, 0.1) is 11.8 Å². The van der Waals surface area contributed by atoms with Gasteiger partial charge in [-0.05, 0) is 83.8 Å². The van der Waals surface area contributed by atoms with Crippen molar-refractivity contribution in [2.45, 2.75) is 83.3 Å². The van der Waals surface area contributed by atoms with Crippen LogP contribution in [0.5, 0.6) is 0 Å². The molecule has 3 aliphatic rings. The summed E-state index contributed by atoms with van der Waals surface area (Å²) in [5.41, 5.74) is 0. The lowest BCUT2D eigenvalue weighted by molar-refractivity contribution is -0.127. The fourth-order valence-corrected chi connectivity index (χ4v) is 4.67. The smallest absolute Gasteiger partial charge is 0.223 e. The van der Waals surface area contributed by atoms with Gasteiger partial charge in [-0.25, -0.2) is 0 Å². The van der Waals surface area contributed by atoms with E-state index >= 15 is 0 Å². The van der Waals surface area contributed by atoms with Crippen LogP contribution in [0.2, 0.25) is 0 Å². The second kappa shape index (κ2) is 7.98. The average molecular weight is 322 g/mol. The van der Waals surface area contributed by atoms with Crippen LogP contribution >= 0.6 is 0 Å². The second-order valence-electron chi connectivity index (χ2n) is 8.31. The van der Waals surface area contributed by atoms with Gasteiger partial charge in [-0.15, -0.1) is 0 Å². The molecule has 0 spiro atoms. The Morgan fingerprint density at radius 2 is 1.70 bits per heavy atom. The predicted molar refractivity (Wildman–Crippen MR) is 94.3 cm³/mol. The Labute approximate surface area is 141 Å². The van der Waals surface area contributed by atoms with Gasteiger partial charge in [-0.2, -0.15) is 0 Å². The highest BCUT2D eigenvalue weighted by molar-refractivity contribution is 5.79. The maximum absolute atomic E-state index is 12.5. The molecule has 2 atom stereocenters. The number of hydrogen-bond acceptors (Lipinski definition) is 3. The highest BCUT2D eigenvalue weighted by atomic mass is 16.1. The van der Waals surface area contributed by atoms with Gasteiger partial charge in [0.25, 0.3) is 0 Å². The zero-order chi connectivity index (χ0) is 16.2. The topological polar surface area (TPSA) is 44.4 Å². The molecule has 4 nitrogen and oxygen atoms in total. The molecule has 0 radical (unpaired) electrons. The van der Waals surface area contributed by atoms with Crippen LogP contribution in [-0.2, 0) is 4.79 Å². The van der Waals surface area contributed by atoms with Crippen molar-refractivity contribution >= 4 is 5.91 Å². The zero-order valence-electron chi connectivity index (χ0n) is 15.0. The van der Waals surface area contributed by atoms with Crippen LogP contribution < -0.4 is 10.6 Å². The van der Waals surface area contributed by atoms with E-state index in [0.29, 0.717) is 18.0 Å². The molecule has 0 aromatic heterocycles. The highest BCUT2D eigenvalue weighted by Crippen LogP contribution is 2.27. The molecule has 2 saturated heterocycles. The molecule has 0 aromatic rings. The summed E-state index contributed by atoms with van der Waals surface area (Å²) in [5.74, 6) is 1.45. The molecule has 23 heavy (non-hydrogen) atoms. The molecule has 2 aliphatic heterocycles. The fourth-order valence-electron chi connectivity index (χ4n) is 4.67. The number of rotatable bonds is 3. The average Bonchev–Trinajstić information content (AvgIpc) is 2.56. The Balaban J connectivity index is 1.39. The van der Waals surface area contributed by atoms with E-state index in [1.165, 1.54) is 51.6 Å². The molecule has 0 unspecified atom stereocenters. The van der Waals surface area contributed by atoms with Gasteiger partial charge in [-0.3, -0.25) is 4.79 Å². The summed E-state index contributed by atoms with van der Waals surface area (Å²) >= 11 is 0. The van der Waals surface area contributed by atoms with Gasteiger partial charge < -0.3 is 15.5 Å². The molecule has 0 aromatic carbocycles. The van der Waals surface area contributed by atoms with Gasteiger partial charge >= 0.3 is 0 Å². The van der Waals surface area contributed by atoms with E-state index in [4.69, 9.17) is 0 Å². The Kier molecular flexibility index (Phi) is 5.97. The number of nitrogens with one attached hydrogen (secondary N) is 2. The summed E-state index contributed by atoms with van der Waals surface area (Å²) < 4.78 is 0. The molecular formula is C19H35N3O. The lowest BCUT2D eigenvalue weighted by atomic mass is 9.87. The van der Waals surface area contributed by atoms with Crippen molar-refractivity contribution in [1.29, 1.82) is 0 Å². The Morgan fingerprint density at radius 1 is 1.00 bits per heavy atom. The van der Waals surface area contributed by atoms with Crippen molar-refractivity contribution in [2.75, 3.05) is 19.6 Å². The molecular weight excluding hydrogens is 286 g/mol. The van der Waals surface area contributed by atoms with Crippen LogP contribution in [0.15, 0.2) is 0 Å². The van der Waals surface area contributed by atoms with E-state index < -0.39 is 0 Å². The van der Waals surface area contributed by atoms with Crippen molar-refractivity contribution in [3.8, 4) is 0 Å². The molecule has 132 valence electrons. The molecule has 3 rings (SSSR count). The molecule has 1 saturated carbocycles. The van der Waals surface area contributed by atoms with E-state index in [1.807, 2.05) is 0 Å². The van der Waals surface area contributed by atoms with E-state index in [9.17, 15) is 4.79 Å². The highest BCUT2D eigenvalue weighted by Gasteiger charge is 2.30. The fraction of sp³-hybridized carbons (Fsp3) is 0.947. The molecule has 3 fully saturated rings. The van der Waals surface area contributed by atoms with Gasteiger partial charge in [0.15, 0.2) is 0 Å². The summed E-state index contributed by atoms with van der Waals surface area (Å²) in [5, 5.41) is 6.78. The summed E-state index contributed by atoms with van der Waals surface area (Å²) in [6.45, 7) is 8.13. The molecule has 2 heterocycles. The minimum Gasteiger partial charge on any atom is -0.353 e. The van der Waals surface area contributed by atoms with Crippen LogP contribution in [0.4, 0.5) is 0 Å². The monoisotopic (exact) mass is 321 g/mol. The normalized spacial score (nSPS) is 37.5. The first-order chi connectivity index (χ1) is 11.1. The number of hydrogen-bond donors (Lipinski definition) is 2. The van der Waals surface area contributed by atoms with Crippen molar-refractivity contribution < 1.29 is 4.79 Å². The zero-order valence-corrected chi connectivity index (χ0v) is 15.0. The first-order valence-electron chi connectivity index (χ1n) is 9.89. The third-order valence-corrected chi connectivity index (χ3v) is 6.37. The standard InChI is InChI=1S/C19H35N3O/c1-14-8-11-22(12-9-14)18-5-3-17(4-6-18)21-19(23)16-7-10-20-15(2)13-16/h14-18,20H,3-13H2,1-2H3,(H,21,23)/t15-,16-,17?,18?/m0/s1. The van der Waals surface area contributed by atoms with Crippen molar-refractivity contribution in [3.05, 3.63) is 0 Å². The molecule has 2 N–H and O–H groups in total. The van der Waals surface area contributed by atoms with Crippen LogP contribution in [0.3, 0.4) is 0 Å². The lowest BCUT2D eigenvalue weighted by Crippen LogP contribution is -2.48. The summed E-state index contributed by atoms with van der Waals surface area (Å²) in [6, 6.07) is 1.68. The molecule has 0 bridgehead atoms. The molecule has 1 aliphatic carbocycles. The van der Waals surface area contributed by atoms with Crippen LogP contribution in [0.1, 0.15) is 65.2 Å². The van der Waals surface area contributed by atoms with Crippen molar-refractivity contribution in [3.63, 3.8) is 0 Å². The van der Waals surface area contributed by atoms with Crippen molar-refractivity contribution in [1.82, 2.24) is 15.5 Å². The number of nitrogens with zero attached hydrogens (tertiary/aromatic N) is 1. The number of piperidine rings is 2. The molecule has 1 amide bonds. The van der Waals surface area contributed by atoms with E-state index in [0.717, 1.165) is 31.3 Å². The predicted octanol–water partition coefficient (Wildman–Crippen LogP) is 2.53. The summed E-state index contributed by atoms with van der Waals surface area (Å²) in [6.07, 6.45) is 9.59. The number of likely N-dealkylation sites (tertiary alicyclic amines) is 1. The number of carbonyl (C=O) groups excluding carboxylic acids is 1. The van der Waals surface area contributed by atoms with Gasteiger partial charge in [0.1, 0.15) is 0 Å². The summed E-state index contributed by atoms with van der Waals surface area (Å²) in [7, 11) is 0. The van der Waals surface area contributed by atoms with Crippen LogP contribution in [-0.4, -0.2) is 48.6 Å². The quantitative estimate of drug-likeness (QED) is 0.839. The van der Waals surface area contributed by atoms with Crippen LogP contribution in [0.25, 0.3) is 0 Å². The number of carbonyl (C=O) groups is 1. The van der Waals surface area contributed by atoms with Gasteiger partial charge in [0.2, 0.25) is 5.91 Å². The Hall–Kier alpha value is -0.610. The van der Waals surface area contributed by atoms with Gasteiger partial charge in [-0.1, -0.05) is 6.92 Å². The molecule has 4 heteroatoms. The van der Waals surface area contributed by atoms with E-state index in [-0.39, 0.29) is 5.92 Å². The minimum atomic E-state index is 0.229. The van der Waals surface area contributed by atoms with Gasteiger partial charge in [0, 0.05) is 24.0 Å². The summed E-state index contributed by atoms with van der Waals surface area (Å²) in [4.78, 5) is 15.2. The van der Waals surface area contributed by atoms with Crippen molar-refractivity contribution in [2.24, 2.45) is 11.8 Å². The number of amides is 1. The first kappa shape index (κ1) is 17.2. The SMILES string of the molecule is CC1CCN(C2CCC(NC(=O)[C@H]3CCN[C@@H](C)C3)CC2)CC1. The second-order valence-corrected chi connectivity index (χ2v) is 8.31. The first-order valence-corrected chi connectivity index (χ1v) is 9.89. The Bertz CT molecular complexity index is 384. The minimum absolute atomic E-state index is 0.229.